The van der Waals surface area contributed by atoms with E-state index in [1.807, 2.05) is 26.0 Å². The number of hydrogen-bond acceptors (Lipinski definition) is 7. The monoisotopic (exact) mass is 415 g/mol. The highest BCUT2D eigenvalue weighted by molar-refractivity contribution is 5.94. The van der Waals surface area contributed by atoms with Gasteiger partial charge in [0.05, 0.1) is 5.69 Å². The van der Waals surface area contributed by atoms with Crippen LogP contribution in [0.2, 0.25) is 0 Å². The number of carbonyl (C=O) groups is 2. The van der Waals surface area contributed by atoms with Crippen molar-refractivity contribution in [3.8, 4) is 0 Å². The lowest BCUT2D eigenvalue weighted by atomic mass is 9.80. The van der Waals surface area contributed by atoms with Crippen molar-refractivity contribution in [3.63, 3.8) is 0 Å². The molecule has 4 N–H and O–H groups in total. The molecule has 0 aromatic carbocycles. The molecule has 9 nitrogen and oxygen atoms in total. The van der Waals surface area contributed by atoms with Gasteiger partial charge in [-0.1, -0.05) is 19.0 Å². The third-order valence-corrected chi connectivity index (χ3v) is 5.87. The molecule has 0 unspecified atom stereocenters. The second kappa shape index (κ2) is 9.82. The van der Waals surface area contributed by atoms with Crippen LogP contribution in [0.15, 0.2) is 28.9 Å². The van der Waals surface area contributed by atoms with Crippen molar-refractivity contribution in [1.82, 2.24) is 20.9 Å². The van der Waals surface area contributed by atoms with E-state index in [1.165, 1.54) is 5.48 Å². The minimum Gasteiger partial charge on any atom is -0.351 e. The predicted octanol–water partition coefficient (Wildman–Crippen LogP) is 2.64. The van der Waals surface area contributed by atoms with Gasteiger partial charge in [-0.05, 0) is 62.9 Å². The summed E-state index contributed by atoms with van der Waals surface area (Å²) in [5.74, 6) is -0.0632. The Balaban J connectivity index is 1.61. The molecule has 9 heteroatoms. The van der Waals surface area contributed by atoms with E-state index >= 15 is 0 Å². The van der Waals surface area contributed by atoms with Crippen LogP contribution < -0.4 is 16.1 Å². The van der Waals surface area contributed by atoms with Crippen molar-refractivity contribution >= 4 is 17.6 Å². The van der Waals surface area contributed by atoms with Crippen molar-refractivity contribution in [2.24, 2.45) is 5.41 Å². The number of carbonyl (C=O) groups excluding carboxylic acids is 2. The van der Waals surface area contributed by atoms with E-state index in [0.29, 0.717) is 11.5 Å². The molecule has 0 bridgehead atoms. The standard InChI is InChI=1S/C21H29N5O4/c1-3-15(16-13-17(30-26-16)19(27)25-29)5-4-14-6-9-23-18(12-14)24-20(28)21(2)7-10-22-11-8-21/h6,9,12-13,15,22,29H,3-5,7-8,10-11H2,1-2H3,(H,25,27)(H,23,24,28)/t15-/m0/s1. The van der Waals surface area contributed by atoms with Crippen LogP contribution in [0.1, 0.15) is 67.3 Å². The first kappa shape index (κ1) is 21.9. The quantitative estimate of drug-likeness (QED) is 0.385. The summed E-state index contributed by atoms with van der Waals surface area (Å²) < 4.78 is 5.00. The first-order valence-corrected chi connectivity index (χ1v) is 10.3. The van der Waals surface area contributed by atoms with Crippen molar-refractivity contribution < 1.29 is 19.3 Å². The Kier molecular flexibility index (Phi) is 7.17. The molecule has 30 heavy (non-hydrogen) atoms. The number of anilines is 1. The summed E-state index contributed by atoms with van der Waals surface area (Å²) in [6, 6.07) is 5.39. The number of piperidine rings is 1. The molecule has 162 valence electrons. The predicted molar refractivity (Wildman–Crippen MR) is 110 cm³/mol. The summed E-state index contributed by atoms with van der Waals surface area (Å²) in [6.45, 7) is 5.74. The number of hydrogen-bond donors (Lipinski definition) is 4. The molecule has 1 aliphatic rings. The van der Waals surface area contributed by atoms with Gasteiger partial charge < -0.3 is 15.2 Å². The van der Waals surface area contributed by atoms with E-state index in [2.05, 4.69) is 20.8 Å². The molecular formula is C21H29N5O4. The van der Waals surface area contributed by atoms with Gasteiger partial charge in [0.2, 0.25) is 11.7 Å². The second-order valence-corrected chi connectivity index (χ2v) is 8.01. The van der Waals surface area contributed by atoms with Crippen LogP contribution in [-0.2, 0) is 11.2 Å². The molecule has 2 amide bonds. The maximum Gasteiger partial charge on any atom is 0.313 e. The highest BCUT2D eigenvalue weighted by Crippen LogP contribution is 2.30. The van der Waals surface area contributed by atoms with Crippen molar-refractivity contribution in [2.75, 3.05) is 18.4 Å². The van der Waals surface area contributed by atoms with Crippen LogP contribution >= 0.6 is 0 Å². The topological polar surface area (TPSA) is 129 Å². The number of hydroxylamine groups is 1. The zero-order valence-electron chi connectivity index (χ0n) is 17.4. The molecule has 0 radical (unpaired) electrons. The Morgan fingerprint density at radius 3 is 2.80 bits per heavy atom. The Morgan fingerprint density at radius 2 is 2.10 bits per heavy atom. The Hall–Kier alpha value is -2.78. The number of aromatic nitrogens is 2. The first-order chi connectivity index (χ1) is 14.4. The summed E-state index contributed by atoms with van der Waals surface area (Å²) in [5, 5.41) is 18.9. The molecule has 3 rings (SSSR count). The van der Waals surface area contributed by atoms with Gasteiger partial charge in [-0.2, -0.15) is 0 Å². The van der Waals surface area contributed by atoms with E-state index in [-0.39, 0.29) is 23.0 Å². The van der Waals surface area contributed by atoms with E-state index in [9.17, 15) is 9.59 Å². The number of nitrogens with one attached hydrogen (secondary N) is 3. The lowest BCUT2D eigenvalue weighted by Crippen LogP contribution is -2.42. The van der Waals surface area contributed by atoms with Crippen LogP contribution in [0.4, 0.5) is 5.82 Å². The molecule has 2 aromatic rings. The third kappa shape index (κ3) is 5.22. The summed E-state index contributed by atoms with van der Waals surface area (Å²) in [7, 11) is 0. The maximum absolute atomic E-state index is 12.7. The molecule has 0 spiro atoms. The fourth-order valence-corrected chi connectivity index (χ4v) is 3.72. The normalized spacial score (nSPS) is 16.6. The van der Waals surface area contributed by atoms with Crippen LogP contribution in [-0.4, -0.2) is 40.3 Å². The Labute approximate surface area is 175 Å². The van der Waals surface area contributed by atoms with Crippen molar-refractivity contribution in [3.05, 3.63) is 41.4 Å². The zero-order valence-corrected chi connectivity index (χ0v) is 17.4. The smallest absolute Gasteiger partial charge is 0.313 e. The van der Waals surface area contributed by atoms with Crippen LogP contribution in [0, 0.1) is 5.41 Å². The van der Waals surface area contributed by atoms with E-state index in [0.717, 1.165) is 50.8 Å². The Bertz CT molecular complexity index is 876. The van der Waals surface area contributed by atoms with Crippen molar-refractivity contribution in [1.29, 1.82) is 0 Å². The molecule has 1 atom stereocenters. The number of aryl methyl sites for hydroxylation is 1. The fourth-order valence-electron chi connectivity index (χ4n) is 3.72. The molecule has 3 heterocycles. The molecule has 1 saturated heterocycles. The largest absolute Gasteiger partial charge is 0.351 e. The maximum atomic E-state index is 12.7. The summed E-state index contributed by atoms with van der Waals surface area (Å²) in [5.41, 5.74) is 2.91. The number of amides is 2. The highest BCUT2D eigenvalue weighted by atomic mass is 16.5. The average molecular weight is 415 g/mol. The third-order valence-electron chi connectivity index (χ3n) is 5.87. The van der Waals surface area contributed by atoms with Gasteiger partial charge >= 0.3 is 5.91 Å². The second-order valence-electron chi connectivity index (χ2n) is 8.01. The average Bonchev–Trinajstić information content (AvgIpc) is 3.24. The molecular weight excluding hydrogens is 386 g/mol. The fraction of sp³-hybridized carbons (Fsp3) is 0.524. The summed E-state index contributed by atoms with van der Waals surface area (Å²) in [4.78, 5) is 28.5. The van der Waals surface area contributed by atoms with Gasteiger partial charge in [-0.25, -0.2) is 10.5 Å². The van der Waals surface area contributed by atoms with Gasteiger partial charge in [0, 0.05) is 23.6 Å². The number of pyridine rings is 1. The summed E-state index contributed by atoms with van der Waals surface area (Å²) in [6.07, 6.45) is 5.71. The SMILES string of the molecule is CC[C@@H](CCc1ccnc(NC(=O)C2(C)CCNCC2)c1)c1cc(C(=O)NO)on1. The van der Waals surface area contributed by atoms with Crippen LogP contribution in [0.5, 0.6) is 0 Å². The molecule has 1 aliphatic heterocycles. The van der Waals surface area contributed by atoms with Crippen LogP contribution in [0.25, 0.3) is 0 Å². The van der Waals surface area contributed by atoms with Gasteiger partial charge in [-0.3, -0.25) is 14.8 Å². The number of nitrogens with zero attached hydrogens (tertiary/aromatic N) is 2. The zero-order chi connectivity index (χ0) is 21.6. The molecule has 2 aromatic heterocycles. The lowest BCUT2D eigenvalue weighted by molar-refractivity contribution is -0.126. The molecule has 0 saturated carbocycles. The molecule has 0 aliphatic carbocycles. The Morgan fingerprint density at radius 1 is 1.33 bits per heavy atom. The lowest BCUT2D eigenvalue weighted by Gasteiger charge is -2.32. The number of rotatable bonds is 8. The highest BCUT2D eigenvalue weighted by Gasteiger charge is 2.34. The van der Waals surface area contributed by atoms with Gasteiger partial charge in [0.1, 0.15) is 5.82 Å². The van der Waals surface area contributed by atoms with Crippen molar-refractivity contribution in [2.45, 2.75) is 51.9 Å². The van der Waals surface area contributed by atoms with E-state index in [4.69, 9.17) is 9.73 Å². The van der Waals surface area contributed by atoms with Gasteiger partial charge in [-0.15, -0.1) is 0 Å². The summed E-state index contributed by atoms with van der Waals surface area (Å²) >= 11 is 0. The minimum atomic E-state index is -0.722. The van der Waals surface area contributed by atoms with Gasteiger partial charge in [0.25, 0.3) is 0 Å². The van der Waals surface area contributed by atoms with E-state index in [1.54, 1.807) is 12.3 Å². The minimum absolute atomic E-state index is 0.0115. The first-order valence-electron chi connectivity index (χ1n) is 10.3. The molecule has 1 fully saturated rings. The van der Waals surface area contributed by atoms with Gasteiger partial charge in [0.15, 0.2) is 0 Å². The van der Waals surface area contributed by atoms with E-state index < -0.39 is 5.91 Å². The van der Waals surface area contributed by atoms with Crippen LogP contribution in [0.3, 0.4) is 0 Å².